The zero-order chi connectivity index (χ0) is 26.4. The molecule has 2 aromatic carbocycles. The highest BCUT2D eigenvalue weighted by Gasteiger charge is 2.42. The summed E-state index contributed by atoms with van der Waals surface area (Å²) >= 11 is 3.41. The minimum absolute atomic E-state index is 0.115. The van der Waals surface area contributed by atoms with Gasteiger partial charge in [-0.25, -0.2) is 9.55 Å². The SMILES string of the molecule is CN/C(=N\N=N)n1c(OCc2cccc(NC(=O)C(F)(F)Oc3ccccc3)n2)nc2ccc(Br)cc21. The van der Waals surface area contributed by atoms with Crippen molar-refractivity contribution in [2.45, 2.75) is 12.7 Å². The van der Waals surface area contributed by atoms with Gasteiger partial charge in [-0.1, -0.05) is 45.3 Å². The van der Waals surface area contributed by atoms with Crippen molar-refractivity contribution >= 4 is 44.6 Å². The van der Waals surface area contributed by atoms with Crippen molar-refractivity contribution < 1.29 is 23.0 Å². The van der Waals surface area contributed by atoms with E-state index in [0.717, 1.165) is 4.47 Å². The Morgan fingerprint density at radius 1 is 1.14 bits per heavy atom. The first kappa shape index (κ1) is 25.6. The van der Waals surface area contributed by atoms with Crippen molar-refractivity contribution in [3.8, 4) is 11.8 Å². The number of carbonyl (C=O) groups is 1. The smallest absolute Gasteiger partial charge is 0.458 e. The number of nitrogens with zero attached hydrogens (tertiary/aromatic N) is 5. The lowest BCUT2D eigenvalue weighted by Gasteiger charge is -2.17. The van der Waals surface area contributed by atoms with Crippen LogP contribution in [0.4, 0.5) is 14.6 Å². The van der Waals surface area contributed by atoms with Gasteiger partial charge in [0.1, 0.15) is 18.2 Å². The van der Waals surface area contributed by atoms with Crippen molar-refractivity contribution in [2.75, 3.05) is 12.4 Å². The first-order chi connectivity index (χ1) is 17.8. The number of fused-ring (bicyclic) bond motifs is 1. The van der Waals surface area contributed by atoms with E-state index < -0.39 is 12.0 Å². The lowest BCUT2D eigenvalue weighted by atomic mass is 10.3. The molecule has 4 rings (SSSR count). The lowest BCUT2D eigenvalue weighted by Crippen LogP contribution is -2.40. The maximum Gasteiger partial charge on any atom is 0.482 e. The molecule has 3 N–H and O–H groups in total. The molecule has 0 aliphatic carbocycles. The van der Waals surface area contributed by atoms with Crippen LogP contribution in [0.15, 0.2) is 81.5 Å². The van der Waals surface area contributed by atoms with Crippen LogP contribution < -0.4 is 20.1 Å². The number of amides is 1. The van der Waals surface area contributed by atoms with Crippen molar-refractivity contribution in [2.24, 2.45) is 10.3 Å². The number of para-hydroxylation sites is 1. The summed E-state index contributed by atoms with van der Waals surface area (Å²) in [6.45, 7) is -0.125. The van der Waals surface area contributed by atoms with E-state index in [1.54, 1.807) is 37.4 Å². The Kier molecular flexibility index (Phi) is 7.67. The molecule has 11 nitrogen and oxygen atoms in total. The molecule has 14 heteroatoms. The molecule has 1 amide bonds. The third kappa shape index (κ3) is 6.03. The quantitative estimate of drug-likeness (QED) is 0.120. The number of rotatable bonds is 8. The van der Waals surface area contributed by atoms with E-state index in [-0.39, 0.29) is 30.1 Å². The maximum atomic E-state index is 14.3. The number of ether oxygens (including phenoxy) is 2. The summed E-state index contributed by atoms with van der Waals surface area (Å²) in [6, 6.07) is 17.2. The monoisotopic (exact) mass is 572 g/mol. The van der Waals surface area contributed by atoms with E-state index >= 15 is 0 Å². The van der Waals surface area contributed by atoms with Crippen molar-refractivity contribution in [3.63, 3.8) is 0 Å². The number of nitrogens with one attached hydrogen (secondary N) is 3. The van der Waals surface area contributed by atoms with E-state index in [1.807, 2.05) is 0 Å². The van der Waals surface area contributed by atoms with E-state index in [4.69, 9.17) is 10.3 Å². The summed E-state index contributed by atoms with van der Waals surface area (Å²) in [5.74, 6) is -1.77. The number of hydrogen-bond acceptors (Lipinski definition) is 7. The van der Waals surface area contributed by atoms with Crippen molar-refractivity contribution in [1.82, 2.24) is 19.9 Å². The van der Waals surface area contributed by atoms with Gasteiger partial charge in [-0.15, -0.1) is 0 Å². The van der Waals surface area contributed by atoms with Crippen LogP contribution in [0.1, 0.15) is 5.69 Å². The first-order valence-electron chi connectivity index (χ1n) is 10.6. The number of alkyl halides is 2. The van der Waals surface area contributed by atoms with Gasteiger partial charge in [0.25, 0.3) is 0 Å². The third-order valence-corrected chi connectivity index (χ3v) is 5.31. The van der Waals surface area contributed by atoms with Crippen LogP contribution in [0.5, 0.6) is 11.8 Å². The van der Waals surface area contributed by atoms with Gasteiger partial charge < -0.3 is 20.1 Å². The van der Waals surface area contributed by atoms with Gasteiger partial charge in [-0.3, -0.25) is 4.79 Å². The molecular formula is C23H19BrF2N8O3. The molecule has 0 spiro atoms. The highest BCUT2D eigenvalue weighted by Crippen LogP contribution is 2.26. The number of pyridine rings is 1. The molecule has 2 heterocycles. The molecule has 0 fully saturated rings. The van der Waals surface area contributed by atoms with E-state index in [9.17, 15) is 13.6 Å². The molecule has 0 aliphatic rings. The average Bonchev–Trinajstić information content (AvgIpc) is 3.24. The highest BCUT2D eigenvalue weighted by atomic mass is 79.9. The zero-order valence-electron chi connectivity index (χ0n) is 19.2. The summed E-state index contributed by atoms with van der Waals surface area (Å²) in [7, 11) is 1.60. The maximum absolute atomic E-state index is 14.3. The molecule has 0 bridgehead atoms. The number of aromatic nitrogens is 3. The van der Waals surface area contributed by atoms with E-state index in [1.165, 1.54) is 41.0 Å². The standard InChI is InChI=1S/C23H19BrF2N8O3/c1-28-21(32-33-27)34-18-12-14(24)10-11-17(18)30-22(34)36-13-15-6-5-9-19(29-15)31-20(35)23(25,26)37-16-7-3-2-4-8-16/h2-12H,13H2,1H3,(H2,27,28,32)(H,29,31,35). The fourth-order valence-electron chi connectivity index (χ4n) is 3.22. The normalized spacial score (nSPS) is 11.7. The second kappa shape index (κ2) is 11.1. The minimum atomic E-state index is -4.12. The largest absolute Gasteiger partial charge is 0.482 e. The van der Waals surface area contributed by atoms with Crippen molar-refractivity contribution in [1.29, 1.82) is 5.53 Å². The fraction of sp³-hybridized carbons (Fsp3) is 0.130. The van der Waals surface area contributed by atoms with Crippen LogP contribution in [0.25, 0.3) is 11.0 Å². The topological polar surface area (TPSA) is 139 Å². The first-order valence-corrected chi connectivity index (χ1v) is 11.4. The summed E-state index contributed by atoms with van der Waals surface area (Å²) in [5.41, 5.74) is 8.61. The predicted octanol–water partition coefficient (Wildman–Crippen LogP) is 4.75. The molecule has 0 unspecified atom stereocenters. The second-order valence-electron chi connectivity index (χ2n) is 7.33. The molecular weight excluding hydrogens is 554 g/mol. The molecule has 37 heavy (non-hydrogen) atoms. The second-order valence-corrected chi connectivity index (χ2v) is 8.24. The number of benzene rings is 2. The van der Waals surface area contributed by atoms with Gasteiger partial charge in [-0.05, 0) is 47.7 Å². The Hall–Kier alpha value is -4.46. The van der Waals surface area contributed by atoms with Crippen LogP contribution in [0.2, 0.25) is 0 Å². The van der Waals surface area contributed by atoms with Gasteiger partial charge in [0, 0.05) is 11.5 Å². The van der Waals surface area contributed by atoms with Gasteiger partial charge in [0.15, 0.2) is 0 Å². The number of carbonyl (C=O) groups excluding carboxylic acids is 1. The summed E-state index contributed by atoms with van der Waals surface area (Å²) in [6.07, 6.45) is -4.12. The molecule has 0 radical (unpaired) electrons. The molecule has 0 saturated carbocycles. The van der Waals surface area contributed by atoms with E-state index in [0.29, 0.717) is 16.7 Å². The molecule has 2 aromatic heterocycles. The number of hydrogen-bond donors (Lipinski definition) is 3. The summed E-state index contributed by atoms with van der Waals surface area (Å²) in [4.78, 5) is 20.8. The summed E-state index contributed by atoms with van der Waals surface area (Å²) < 4.78 is 41.2. The number of imidazole rings is 1. The molecule has 0 saturated heterocycles. The number of anilines is 1. The molecule has 0 aliphatic heterocycles. The fourth-order valence-corrected chi connectivity index (χ4v) is 3.57. The summed E-state index contributed by atoms with van der Waals surface area (Å²) in [5, 5.41) is 11.7. The van der Waals surface area contributed by atoms with Crippen LogP contribution in [-0.4, -0.2) is 39.6 Å². The molecule has 0 atom stereocenters. The number of halogens is 3. The van der Waals surface area contributed by atoms with Gasteiger partial charge in [0.2, 0.25) is 5.96 Å². The molecule has 4 aromatic rings. The Labute approximate surface area is 217 Å². The van der Waals surface area contributed by atoms with Crippen molar-refractivity contribution in [3.05, 3.63) is 76.9 Å². The van der Waals surface area contributed by atoms with Crippen LogP contribution in [0, 0.1) is 5.53 Å². The Balaban J connectivity index is 1.52. The van der Waals surface area contributed by atoms with Gasteiger partial charge in [-0.2, -0.15) is 19.3 Å². The lowest BCUT2D eigenvalue weighted by molar-refractivity contribution is -0.187. The Bertz CT molecular complexity index is 1460. The van der Waals surface area contributed by atoms with Crippen LogP contribution in [-0.2, 0) is 11.4 Å². The Morgan fingerprint density at radius 2 is 1.92 bits per heavy atom. The van der Waals surface area contributed by atoms with Crippen LogP contribution in [0.3, 0.4) is 0 Å². The zero-order valence-corrected chi connectivity index (χ0v) is 20.7. The van der Waals surface area contributed by atoms with Gasteiger partial charge in [0.05, 0.1) is 16.7 Å². The van der Waals surface area contributed by atoms with Gasteiger partial charge >= 0.3 is 18.0 Å². The Morgan fingerprint density at radius 3 is 2.65 bits per heavy atom. The minimum Gasteiger partial charge on any atom is -0.458 e. The predicted molar refractivity (Wildman–Crippen MR) is 134 cm³/mol. The van der Waals surface area contributed by atoms with Crippen LogP contribution >= 0.6 is 15.9 Å². The average molecular weight is 573 g/mol. The van der Waals surface area contributed by atoms with E-state index in [2.05, 4.69) is 51.6 Å². The molecule has 190 valence electrons. The highest BCUT2D eigenvalue weighted by molar-refractivity contribution is 9.10. The third-order valence-electron chi connectivity index (χ3n) is 4.82.